The van der Waals surface area contributed by atoms with Gasteiger partial charge in [-0.3, -0.25) is 9.59 Å². The van der Waals surface area contributed by atoms with Gasteiger partial charge < -0.3 is 10.0 Å². The molecule has 1 aromatic rings. The van der Waals surface area contributed by atoms with Gasteiger partial charge in [-0.1, -0.05) is 24.6 Å². The number of carbonyl (C=O) groups excluding carboxylic acids is 1. The number of rotatable bonds is 3. The van der Waals surface area contributed by atoms with E-state index in [4.69, 9.17) is 0 Å². The number of carboxylic acid groups (broad SMARTS) is 1. The van der Waals surface area contributed by atoms with Crippen molar-refractivity contribution in [2.75, 3.05) is 4.90 Å². The van der Waals surface area contributed by atoms with Crippen molar-refractivity contribution in [3.63, 3.8) is 0 Å². The van der Waals surface area contributed by atoms with E-state index in [-0.39, 0.29) is 23.8 Å². The van der Waals surface area contributed by atoms with Crippen LogP contribution in [0, 0.1) is 5.92 Å². The molecule has 2 fully saturated rings. The lowest BCUT2D eigenvalue weighted by atomic mass is 9.60. The molecule has 1 saturated carbocycles. The van der Waals surface area contributed by atoms with Gasteiger partial charge in [0.25, 0.3) is 0 Å². The van der Waals surface area contributed by atoms with Crippen LogP contribution >= 0.6 is 0 Å². The second-order valence-corrected chi connectivity index (χ2v) is 6.97. The number of aliphatic carboxylic acids is 1. The molecule has 0 aromatic heterocycles. The number of fused-ring (bicyclic) bond motifs is 3. The predicted molar refractivity (Wildman–Crippen MR) is 82.8 cm³/mol. The van der Waals surface area contributed by atoms with Crippen LogP contribution in [-0.2, 0) is 15.0 Å². The number of piperidine rings is 1. The highest BCUT2D eigenvalue weighted by molar-refractivity contribution is 5.98. The molecule has 1 amide bonds. The highest BCUT2D eigenvalue weighted by Crippen LogP contribution is 2.58. The average Bonchev–Trinajstić information content (AvgIpc) is 2.82. The van der Waals surface area contributed by atoms with Crippen molar-refractivity contribution in [1.82, 2.24) is 0 Å². The van der Waals surface area contributed by atoms with Crippen LogP contribution in [0.1, 0.15) is 50.5 Å². The Bertz CT molecular complexity index is 641. The summed E-state index contributed by atoms with van der Waals surface area (Å²) in [7, 11) is 0. The number of anilines is 1. The lowest BCUT2D eigenvalue weighted by Gasteiger charge is -2.49. The normalized spacial score (nSPS) is 32.5. The molecular weight excluding hydrogens is 278 g/mol. The van der Waals surface area contributed by atoms with Crippen LogP contribution in [-0.4, -0.2) is 23.0 Å². The molecule has 0 radical (unpaired) electrons. The minimum Gasteiger partial charge on any atom is -0.481 e. The van der Waals surface area contributed by atoms with Crippen LogP contribution in [0.3, 0.4) is 0 Å². The molecular formula is C18H21NO3. The van der Waals surface area contributed by atoms with E-state index < -0.39 is 5.97 Å². The Morgan fingerprint density at radius 1 is 1.32 bits per heavy atom. The summed E-state index contributed by atoms with van der Waals surface area (Å²) >= 11 is 0. The summed E-state index contributed by atoms with van der Waals surface area (Å²) in [4.78, 5) is 25.7. The first-order valence-electron chi connectivity index (χ1n) is 8.27. The van der Waals surface area contributed by atoms with E-state index in [1.807, 2.05) is 23.1 Å². The fourth-order valence-electron chi connectivity index (χ4n) is 5.20. The first kappa shape index (κ1) is 13.8. The quantitative estimate of drug-likeness (QED) is 0.933. The van der Waals surface area contributed by atoms with Crippen LogP contribution in [0.2, 0.25) is 0 Å². The Morgan fingerprint density at radius 3 is 2.95 bits per heavy atom. The molecule has 1 saturated heterocycles. The predicted octanol–water partition coefficient (Wildman–Crippen LogP) is 3.10. The molecule has 1 N–H and O–H groups in total. The van der Waals surface area contributed by atoms with Crippen LogP contribution in [0.15, 0.2) is 24.3 Å². The van der Waals surface area contributed by atoms with E-state index >= 15 is 0 Å². The Labute approximate surface area is 130 Å². The third-order valence-corrected chi connectivity index (χ3v) is 5.97. The first-order valence-corrected chi connectivity index (χ1v) is 8.27. The van der Waals surface area contributed by atoms with Gasteiger partial charge in [-0.25, -0.2) is 0 Å². The molecule has 0 unspecified atom stereocenters. The minimum atomic E-state index is -0.741. The SMILES string of the molecule is O=C(O)CC[C@@]12CCC[C@H]3CCC(=O)N(c4ccccc41)[C@@H]32. The molecule has 0 bridgehead atoms. The molecule has 1 aliphatic carbocycles. The van der Waals surface area contributed by atoms with Crippen molar-refractivity contribution < 1.29 is 14.7 Å². The zero-order valence-corrected chi connectivity index (χ0v) is 12.6. The van der Waals surface area contributed by atoms with Crippen LogP contribution in [0.5, 0.6) is 0 Å². The monoisotopic (exact) mass is 299 g/mol. The Kier molecular flexibility index (Phi) is 3.03. The molecule has 4 nitrogen and oxygen atoms in total. The molecule has 22 heavy (non-hydrogen) atoms. The molecule has 2 aliphatic heterocycles. The summed E-state index contributed by atoms with van der Waals surface area (Å²) < 4.78 is 0. The zero-order valence-electron chi connectivity index (χ0n) is 12.6. The molecule has 116 valence electrons. The second-order valence-electron chi connectivity index (χ2n) is 6.97. The van der Waals surface area contributed by atoms with Gasteiger partial charge in [-0.05, 0) is 43.2 Å². The third-order valence-electron chi connectivity index (χ3n) is 5.97. The first-order chi connectivity index (χ1) is 10.6. The largest absolute Gasteiger partial charge is 0.481 e. The molecule has 1 aromatic carbocycles. The van der Waals surface area contributed by atoms with Crippen molar-refractivity contribution in [3.05, 3.63) is 29.8 Å². The molecule has 4 heteroatoms. The summed E-state index contributed by atoms with van der Waals surface area (Å²) in [5.41, 5.74) is 2.10. The smallest absolute Gasteiger partial charge is 0.303 e. The summed E-state index contributed by atoms with van der Waals surface area (Å²) in [6.45, 7) is 0. The van der Waals surface area contributed by atoms with Crippen molar-refractivity contribution >= 4 is 17.6 Å². The Balaban J connectivity index is 1.86. The standard InChI is InChI=1S/C18H21NO3/c20-15-8-7-12-4-3-10-18(11-9-16(21)22)13-5-1-2-6-14(13)19(15)17(12)18/h1-2,5-6,12,17H,3-4,7-11H2,(H,21,22)/t12-,17-,18-/m0/s1. The summed E-state index contributed by atoms with van der Waals surface area (Å²) in [5, 5.41) is 9.18. The Morgan fingerprint density at radius 2 is 2.14 bits per heavy atom. The zero-order chi connectivity index (χ0) is 15.3. The summed E-state index contributed by atoms with van der Waals surface area (Å²) in [5.74, 6) is -0.00462. The Hall–Kier alpha value is -1.84. The minimum absolute atomic E-state index is 0.145. The van der Waals surface area contributed by atoms with E-state index in [0.717, 1.165) is 31.4 Å². The maximum Gasteiger partial charge on any atom is 0.303 e. The van der Waals surface area contributed by atoms with Crippen molar-refractivity contribution in [3.8, 4) is 0 Å². The second kappa shape index (κ2) is 4.83. The van der Waals surface area contributed by atoms with E-state index in [0.29, 0.717) is 18.8 Å². The van der Waals surface area contributed by atoms with Crippen LogP contribution in [0.4, 0.5) is 5.69 Å². The van der Waals surface area contributed by atoms with Gasteiger partial charge in [0.15, 0.2) is 0 Å². The molecule has 3 atom stereocenters. The third kappa shape index (κ3) is 1.76. The van der Waals surface area contributed by atoms with E-state index in [9.17, 15) is 14.7 Å². The van der Waals surface area contributed by atoms with E-state index in [2.05, 4.69) is 6.07 Å². The summed E-state index contributed by atoms with van der Waals surface area (Å²) in [6.07, 6.45) is 5.72. The van der Waals surface area contributed by atoms with Gasteiger partial charge in [0.2, 0.25) is 5.91 Å². The van der Waals surface area contributed by atoms with Crippen molar-refractivity contribution in [2.45, 2.75) is 56.4 Å². The molecule has 0 spiro atoms. The molecule has 3 aliphatic rings. The van der Waals surface area contributed by atoms with Gasteiger partial charge in [-0.2, -0.15) is 0 Å². The fourth-order valence-corrected chi connectivity index (χ4v) is 5.20. The maximum atomic E-state index is 12.6. The van der Waals surface area contributed by atoms with Crippen molar-refractivity contribution in [2.24, 2.45) is 5.92 Å². The average molecular weight is 299 g/mol. The number of amides is 1. The number of benzene rings is 1. The van der Waals surface area contributed by atoms with E-state index in [1.54, 1.807) is 0 Å². The number of nitrogens with zero attached hydrogens (tertiary/aromatic N) is 1. The van der Waals surface area contributed by atoms with Gasteiger partial charge in [0.05, 0.1) is 0 Å². The number of carbonyl (C=O) groups is 2. The maximum absolute atomic E-state index is 12.6. The number of hydrogen-bond donors (Lipinski definition) is 1. The fraction of sp³-hybridized carbons (Fsp3) is 0.556. The van der Waals surface area contributed by atoms with Crippen LogP contribution < -0.4 is 4.90 Å². The topological polar surface area (TPSA) is 57.6 Å². The molecule has 2 heterocycles. The highest BCUT2D eigenvalue weighted by Gasteiger charge is 2.58. The summed E-state index contributed by atoms with van der Waals surface area (Å²) in [6, 6.07) is 8.34. The number of hydrogen-bond acceptors (Lipinski definition) is 2. The van der Waals surface area contributed by atoms with Gasteiger partial charge in [-0.15, -0.1) is 0 Å². The van der Waals surface area contributed by atoms with Gasteiger partial charge in [0, 0.05) is 30.0 Å². The number of carboxylic acids is 1. The van der Waals surface area contributed by atoms with Gasteiger partial charge in [0.1, 0.15) is 0 Å². The number of para-hydroxylation sites is 1. The molecule has 4 rings (SSSR count). The highest BCUT2D eigenvalue weighted by atomic mass is 16.4. The van der Waals surface area contributed by atoms with E-state index in [1.165, 1.54) is 5.56 Å². The lowest BCUT2D eigenvalue weighted by molar-refractivity contribution is -0.137. The lowest BCUT2D eigenvalue weighted by Crippen LogP contribution is -2.56. The van der Waals surface area contributed by atoms with Crippen molar-refractivity contribution in [1.29, 1.82) is 0 Å². The van der Waals surface area contributed by atoms with Gasteiger partial charge >= 0.3 is 5.97 Å². The van der Waals surface area contributed by atoms with Crippen LogP contribution in [0.25, 0.3) is 0 Å².